The number of nitrogens with one attached hydrogen (secondary N) is 2. The third kappa shape index (κ3) is 10.6. The zero-order valence-corrected chi connectivity index (χ0v) is 20.6. The zero-order chi connectivity index (χ0) is 27.4. The van der Waals surface area contributed by atoms with Crippen LogP contribution in [0.2, 0.25) is 0 Å². The van der Waals surface area contributed by atoms with Crippen LogP contribution in [0, 0.1) is 0 Å². The molecule has 1 fully saturated rings. The van der Waals surface area contributed by atoms with Crippen molar-refractivity contribution in [2.45, 2.75) is 37.4 Å². The van der Waals surface area contributed by atoms with E-state index in [1.165, 1.54) is 19.1 Å². The molecule has 206 valence electrons. The number of nitrogens with zero attached hydrogens (tertiary/aromatic N) is 3. The fourth-order valence-corrected chi connectivity index (χ4v) is 3.73. The molecule has 0 bridgehead atoms. The van der Waals surface area contributed by atoms with Gasteiger partial charge in [-0.05, 0) is 23.2 Å². The van der Waals surface area contributed by atoms with Crippen LogP contribution in [-0.2, 0) is 38.4 Å². The molecule has 0 aromatic heterocycles. The Balaban J connectivity index is 1.97. The normalized spacial score (nSPS) is 23.6. The number of aliphatic hydroxyl groups excluding tert-OH is 2. The predicted octanol–water partition coefficient (Wildman–Crippen LogP) is -0.546. The smallest absolute Gasteiger partial charge is 0.388 e. The maximum Gasteiger partial charge on any atom is 0.397 e. The van der Waals surface area contributed by atoms with Crippen molar-refractivity contribution >= 4 is 27.9 Å². The summed E-state index contributed by atoms with van der Waals surface area (Å²) in [7, 11) is -4.83. The second kappa shape index (κ2) is 14.8. The number of carbonyl (C=O) groups is 2. The number of hydrogen-bond acceptors (Lipinski definition) is 11. The molecule has 0 unspecified atom stereocenters. The molecule has 17 heteroatoms. The van der Waals surface area contributed by atoms with E-state index in [0.717, 1.165) is 0 Å². The number of ether oxygens (including phenoxy) is 3. The van der Waals surface area contributed by atoms with Gasteiger partial charge in [-0.15, -0.1) is 0 Å². The van der Waals surface area contributed by atoms with Crippen molar-refractivity contribution in [3.05, 3.63) is 40.3 Å². The minimum Gasteiger partial charge on any atom is -0.388 e. The van der Waals surface area contributed by atoms with Crippen LogP contribution in [0.1, 0.15) is 18.6 Å². The second-order valence-electron chi connectivity index (χ2n) is 7.80. The molecule has 2 amide bonds. The molecule has 0 saturated carbocycles. The van der Waals surface area contributed by atoms with E-state index in [4.69, 9.17) is 24.3 Å². The summed E-state index contributed by atoms with van der Waals surface area (Å²) < 4.78 is 51.0. The number of hydrogen-bond donors (Lipinski definition) is 5. The summed E-state index contributed by atoms with van der Waals surface area (Å²) in [5.74, 6) is -0.949. The summed E-state index contributed by atoms with van der Waals surface area (Å²) in [4.78, 5) is 26.3. The van der Waals surface area contributed by atoms with E-state index in [1.807, 2.05) is 0 Å². The Morgan fingerprint density at radius 2 is 1.81 bits per heavy atom. The molecule has 5 atom stereocenters. The van der Waals surface area contributed by atoms with E-state index in [9.17, 15) is 28.2 Å². The van der Waals surface area contributed by atoms with Gasteiger partial charge in [-0.3, -0.25) is 14.1 Å². The van der Waals surface area contributed by atoms with Crippen molar-refractivity contribution in [2.24, 2.45) is 5.11 Å². The van der Waals surface area contributed by atoms with Gasteiger partial charge in [-0.25, -0.2) is 4.18 Å². The first-order valence-corrected chi connectivity index (χ1v) is 12.3. The van der Waals surface area contributed by atoms with Crippen LogP contribution in [0.4, 0.5) is 5.69 Å². The molecule has 37 heavy (non-hydrogen) atoms. The molecular weight excluding hydrogens is 518 g/mol. The summed E-state index contributed by atoms with van der Waals surface area (Å²) in [6, 6.07) is 5.04. The second-order valence-corrected chi connectivity index (χ2v) is 8.90. The third-order valence-electron chi connectivity index (χ3n) is 5.02. The highest BCUT2D eigenvalue weighted by Gasteiger charge is 2.45. The van der Waals surface area contributed by atoms with Gasteiger partial charge in [0.05, 0.1) is 32.5 Å². The molecule has 1 aromatic carbocycles. The Morgan fingerprint density at radius 3 is 2.43 bits per heavy atom. The number of aliphatic hydroxyl groups is 2. The predicted molar refractivity (Wildman–Crippen MR) is 125 cm³/mol. The van der Waals surface area contributed by atoms with Gasteiger partial charge in [0.1, 0.15) is 31.0 Å². The topological polar surface area (TPSA) is 239 Å². The van der Waals surface area contributed by atoms with Crippen molar-refractivity contribution < 1.29 is 51.2 Å². The van der Waals surface area contributed by atoms with Crippen LogP contribution in [0.15, 0.2) is 29.4 Å². The molecule has 0 radical (unpaired) electrons. The molecule has 1 aromatic rings. The van der Waals surface area contributed by atoms with E-state index in [2.05, 4.69) is 24.8 Å². The Labute approximate surface area is 212 Å². The number of carbonyl (C=O) groups excluding carboxylic acids is 2. The minimum atomic E-state index is -4.83. The van der Waals surface area contributed by atoms with Crippen LogP contribution >= 0.6 is 0 Å². The summed E-state index contributed by atoms with van der Waals surface area (Å²) in [5, 5.41) is 29.3. The first kappa shape index (κ1) is 30.4. The molecule has 1 saturated heterocycles. The van der Waals surface area contributed by atoms with Crippen LogP contribution in [0.5, 0.6) is 0 Å². The maximum absolute atomic E-state index is 12.1. The highest BCUT2D eigenvalue weighted by Crippen LogP contribution is 2.33. The lowest BCUT2D eigenvalue weighted by atomic mass is 9.89. The van der Waals surface area contributed by atoms with Crippen LogP contribution in [0.25, 0.3) is 10.4 Å². The van der Waals surface area contributed by atoms with Gasteiger partial charge < -0.3 is 35.1 Å². The van der Waals surface area contributed by atoms with Crippen LogP contribution in [-0.4, -0.2) is 98.9 Å². The number of rotatable bonds is 14. The third-order valence-corrected chi connectivity index (χ3v) is 5.46. The zero-order valence-electron chi connectivity index (χ0n) is 19.8. The summed E-state index contributed by atoms with van der Waals surface area (Å²) in [6.07, 6.45) is -5.59. The van der Waals surface area contributed by atoms with Crippen molar-refractivity contribution in [1.29, 1.82) is 0 Å². The number of amides is 2. The maximum atomic E-state index is 12.1. The van der Waals surface area contributed by atoms with Gasteiger partial charge in [-0.1, -0.05) is 17.2 Å². The minimum absolute atomic E-state index is 0.156. The lowest BCUT2D eigenvalue weighted by Crippen LogP contribution is -2.61. The molecule has 1 heterocycles. The van der Waals surface area contributed by atoms with Crippen LogP contribution < -0.4 is 10.6 Å². The van der Waals surface area contributed by atoms with Gasteiger partial charge in [0, 0.05) is 24.1 Å². The SMILES string of the molecule is CC(=O)N[C@@H]1[C@@H](O)[C@H](O)[C@@H](COS(=O)(=O)O)O[C@H]1c1ccc(NC(=O)COCCOCCN=[N+]=[N-])cc1. The monoisotopic (exact) mass is 547 g/mol. The molecular formula is C20H29N5O11S. The van der Waals surface area contributed by atoms with Gasteiger partial charge in [0.2, 0.25) is 11.8 Å². The van der Waals surface area contributed by atoms with E-state index < -0.39 is 59.3 Å². The average Bonchev–Trinajstić information content (AvgIpc) is 2.83. The van der Waals surface area contributed by atoms with Gasteiger partial charge in [-0.2, -0.15) is 8.42 Å². The molecule has 5 N–H and O–H groups in total. The molecule has 0 aliphatic carbocycles. The summed E-state index contributed by atoms with van der Waals surface area (Å²) in [5.41, 5.74) is 8.98. The van der Waals surface area contributed by atoms with E-state index in [1.54, 1.807) is 12.1 Å². The van der Waals surface area contributed by atoms with Gasteiger partial charge in [0.25, 0.3) is 0 Å². The lowest BCUT2D eigenvalue weighted by molar-refractivity contribution is -0.195. The standard InChI is InChI=1S/C20H29N5O11S/c1-12(26)23-17-19(29)18(28)15(10-35-37(30,31)32)36-20(17)13-2-4-14(5-3-13)24-16(27)11-34-9-8-33-7-6-22-25-21/h2-5,15,17-20,28-29H,6-11H2,1H3,(H,23,26)(H,24,27)(H,30,31,32)/t15-,17-,18-,19-,20+/m1/s1. The van der Waals surface area contributed by atoms with Crippen molar-refractivity contribution in [2.75, 3.05) is 44.9 Å². The van der Waals surface area contributed by atoms with Crippen molar-refractivity contribution in [1.82, 2.24) is 5.32 Å². The van der Waals surface area contributed by atoms with E-state index >= 15 is 0 Å². The lowest BCUT2D eigenvalue weighted by Gasteiger charge is -2.43. The first-order chi connectivity index (χ1) is 17.5. The number of azide groups is 1. The van der Waals surface area contributed by atoms with E-state index in [-0.39, 0.29) is 33.0 Å². The Bertz CT molecular complexity index is 1050. The fraction of sp³-hybridized carbons (Fsp3) is 0.600. The Morgan fingerprint density at radius 1 is 1.14 bits per heavy atom. The Hall–Kier alpha value is -2.86. The van der Waals surface area contributed by atoms with Crippen molar-refractivity contribution in [3.63, 3.8) is 0 Å². The molecule has 1 aliphatic rings. The molecule has 16 nitrogen and oxygen atoms in total. The highest BCUT2D eigenvalue weighted by atomic mass is 32.3. The first-order valence-electron chi connectivity index (χ1n) is 11.0. The molecule has 1 aliphatic heterocycles. The fourth-order valence-electron chi connectivity index (χ4n) is 3.43. The Kier molecular flexibility index (Phi) is 12.1. The summed E-state index contributed by atoms with van der Waals surface area (Å²) >= 11 is 0. The summed E-state index contributed by atoms with van der Waals surface area (Å²) in [6.45, 7) is 0.997. The molecule has 2 rings (SSSR count). The number of benzene rings is 1. The van der Waals surface area contributed by atoms with Gasteiger partial charge in [0.15, 0.2) is 0 Å². The quantitative estimate of drug-likeness (QED) is 0.0651. The van der Waals surface area contributed by atoms with Gasteiger partial charge >= 0.3 is 10.4 Å². The molecule has 0 spiro atoms. The van der Waals surface area contributed by atoms with E-state index in [0.29, 0.717) is 11.3 Å². The average molecular weight is 548 g/mol. The number of anilines is 1. The highest BCUT2D eigenvalue weighted by molar-refractivity contribution is 7.80. The largest absolute Gasteiger partial charge is 0.397 e. The van der Waals surface area contributed by atoms with Crippen molar-refractivity contribution in [3.8, 4) is 0 Å². The van der Waals surface area contributed by atoms with Crippen LogP contribution in [0.3, 0.4) is 0 Å².